The van der Waals surface area contributed by atoms with E-state index in [1.54, 1.807) is 37.4 Å². The Kier molecular flexibility index (Phi) is 9.40. The van der Waals surface area contributed by atoms with Crippen molar-refractivity contribution in [1.29, 1.82) is 0 Å². The van der Waals surface area contributed by atoms with Crippen LogP contribution in [0.3, 0.4) is 0 Å². The third-order valence-electron chi connectivity index (χ3n) is 6.57. The lowest BCUT2D eigenvalue weighted by Gasteiger charge is -2.35. The minimum absolute atomic E-state index is 0.0236. The number of hydrogen-bond acceptors (Lipinski definition) is 5. The summed E-state index contributed by atoms with van der Waals surface area (Å²) >= 11 is 12.5. The molecule has 1 saturated heterocycles. The van der Waals surface area contributed by atoms with Crippen molar-refractivity contribution in [3.63, 3.8) is 0 Å². The normalized spacial score (nSPS) is 21.1. The molecular weight excluding hydrogens is 539 g/mol. The Morgan fingerprint density at radius 3 is 2.30 bits per heavy atom. The van der Waals surface area contributed by atoms with Crippen LogP contribution >= 0.6 is 23.2 Å². The first kappa shape index (κ1) is 29.5. The minimum Gasteiger partial charge on any atom is -0.497 e. The molecule has 3 atom stereocenters. The van der Waals surface area contributed by atoms with E-state index in [-0.39, 0.29) is 26.2 Å². The van der Waals surface area contributed by atoms with Crippen LogP contribution in [0.15, 0.2) is 42.5 Å². The summed E-state index contributed by atoms with van der Waals surface area (Å²) in [6, 6.07) is 12.3. The lowest BCUT2D eigenvalue weighted by Crippen LogP contribution is -2.44. The maximum atomic E-state index is 12.9. The van der Waals surface area contributed by atoms with Gasteiger partial charge in [-0.1, -0.05) is 62.2 Å². The predicted molar refractivity (Wildman–Crippen MR) is 145 cm³/mol. The molecule has 1 N–H and O–H groups in total. The summed E-state index contributed by atoms with van der Waals surface area (Å²) in [5.74, 6) is 0.182. The molecule has 0 spiro atoms. The van der Waals surface area contributed by atoms with Gasteiger partial charge in [0.25, 0.3) is 0 Å². The number of ether oxygens (including phenoxy) is 2. The molecule has 11 heteroatoms. The van der Waals surface area contributed by atoms with E-state index >= 15 is 0 Å². The molecule has 2 aromatic carbocycles. The monoisotopic (exact) mass is 572 g/mol. The first-order valence-electron chi connectivity index (χ1n) is 11.9. The van der Waals surface area contributed by atoms with Crippen molar-refractivity contribution in [2.75, 3.05) is 33.0 Å². The van der Waals surface area contributed by atoms with Crippen LogP contribution in [0.2, 0.25) is 10.0 Å². The van der Waals surface area contributed by atoms with Crippen molar-refractivity contribution in [2.45, 2.75) is 45.4 Å². The van der Waals surface area contributed by atoms with E-state index in [0.717, 1.165) is 17.4 Å². The fourth-order valence-electron chi connectivity index (χ4n) is 4.30. The van der Waals surface area contributed by atoms with Crippen LogP contribution in [0, 0.1) is 5.41 Å². The van der Waals surface area contributed by atoms with Gasteiger partial charge >= 0.3 is 6.09 Å². The Labute approximate surface area is 229 Å². The van der Waals surface area contributed by atoms with Crippen LogP contribution in [0.1, 0.15) is 37.8 Å². The van der Waals surface area contributed by atoms with Gasteiger partial charge in [0, 0.05) is 25.6 Å². The molecule has 1 amide bonds. The van der Waals surface area contributed by atoms with Crippen LogP contribution in [-0.2, 0) is 21.3 Å². The minimum atomic E-state index is -3.65. The highest BCUT2D eigenvalue weighted by Gasteiger charge is 2.41. The number of rotatable bonds is 7. The molecule has 0 bridgehead atoms. The maximum Gasteiger partial charge on any atom is 0.407 e. The zero-order valence-electron chi connectivity index (χ0n) is 21.6. The van der Waals surface area contributed by atoms with Crippen LogP contribution in [-0.4, -0.2) is 74.0 Å². The number of halogens is 2. The molecule has 1 aliphatic heterocycles. The second kappa shape index (κ2) is 11.8. The molecule has 0 saturated carbocycles. The Morgan fingerprint density at radius 1 is 1.14 bits per heavy atom. The molecule has 204 valence electrons. The quantitative estimate of drug-likeness (QED) is 0.481. The molecule has 8 nitrogen and oxygen atoms in total. The third-order valence-corrected chi connectivity index (χ3v) is 8.53. The van der Waals surface area contributed by atoms with Crippen molar-refractivity contribution < 1.29 is 27.8 Å². The lowest BCUT2D eigenvalue weighted by molar-refractivity contribution is -0.0707. The second-order valence-corrected chi connectivity index (χ2v) is 13.2. The zero-order chi connectivity index (χ0) is 27.5. The average Bonchev–Trinajstić information content (AvgIpc) is 3.00. The third kappa shape index (κ3) is 7.74. The van der Waals surface area contributed by atoms with E-state index in [0.29, 0.717) is 15.8 Å². The number of sulfonamides is 1. The zero-order valence-corrected chi connectivity index (χ0v) is 24.0. The second-order valence-electron chi connectivity index (χ2n) is 10.4. The van der Waals surface area contributed by atoms with Crippen LogP contribution in [0.5, 0.6) is 5.75 Å². The first-order chi connectivity index (χ1) is 17.2. The highest BCUT2D eigenvalue weighted by molar-refractivity contribution is 7.88. The molecule has 3 unspecified atom stereocenters. The number of amides is 1. The summed E-state index contributed by atoms with van der Waals surface area (Å²) in [7, 11) is -2.08. The number of hydrogen-bond donors (Lipinski definition) is 1. The number of methoxy groups -OCH3 is 1. The standard InChI is InChI=1S/C26H34Cl2N2O6S/c1-26(2,3)24-16-29(25(31)32)14-20(18-8-11-21(27)22(28)12-18)23(36-24)15-30(37(5,33)34)13-17-6-9-19(35-4)10-7-17/h6-12,20,23-24H,13-16H2,1-5H3,(H,31,32). The Morgan fingerprint density at radius 2 is 1.78 bits per heavy atom. The van der Waals surface area contributed by atoms with E-state index in [1.807, 2.05) is 32.9 Å². The van der Waals surface area contributed by atoms with E-state index in [1.165, 1.54) is 9.21 Å². The van der Waals surface area contributed by atoms with Gasteiger partial charge in [-0.2, -0.15) is 4.31 Å². The molecule has 1 fully saturated rings. The number of nitrogens with zero attached hydrogens (tertiary/aromatic N) is 2. The van der Waals surface area contributed by atoms with Gasteiger partial charge in [-0.25, -0.2) is 13.2 Å². The highest BCUT2D eigenvalue weighted by atomic mass is 35.5. The van der Waals surface area contributed by atoms with Crippen LogP contribution in [0.25, 0.3) is 0 Å². The van der Waals surface area contributed by atoms with Gasteiger partial charge in [0.05, 0.1) is 42.2 Å². The first-order valence-corrected chi connectivity index (χ1v) is 14.5. The van der Waals surface area contributed by atoms with Crippen LogP contribution in [0.4, 0.5) is 4.79 Å². The molecular formula is C26H34Cl2N2O6S. The van der Waals surface area contributed by atoms with Crippen molar-refractivity contribution in [2.24, 2.45) is 5.41 Å². The molecule has 1 aliphatic rings. The SMILES string of the molecule is COc1ccc(CN(CC2OC(C(C)(C)C)CN(C(=O)O)CC2c2ccc(Cl)c(Cl)c2)S(C)(=O)=O)cc1. The average molecular weight is 574 g/mol. The lowest BCUT2D eigenvalue weighted by atomic mass is 9.88. The van der Waals surface area contributed by atoms with E-state index in [4.69, 9.17) is 32.7 Å². The topological polar surface area (TPSA) is 96.4 Å². The van der Waals surface area contributed by atoms with Gasteiger partial charge < -0.3 is 19.5 Å². The van der Waals surface area contributed by atoms with Crippen LogP contribution < -0.4 is 4.74 Å². The van der Waals surface area contributed by atoms with E-state index < -0.39 is 39.7 Å². The number of carbonyl (C=O) groups is 1. The predicted octanol–water partition coefficient (Wildman–Crippen LogP) is 5.34. The summed E-state index contributed by atoms with van der Waals surface area (Å²) in [5, 5.41) is 10.7. The Bertz CT molecular complexity index is 1200. The summed E-state index contributed by atoms with van der Waals surface area (Å²) in [5.41, 5.74) is 1.10. The van der Waals surface area contributed by atoms with Gasteiger partial charge in [0.2, 0.25) is 10.0 Å². The van der Waals surface area contributed by atoms with Crippen molar-refractivity contribution in [3.8, 4) is 5.75 Å². The Hall–Kier alpha value is -2.04. The molecule has 1 heterocycles. The molecule has 0 aromatic heterocycles. The summed E-state index contributed by atoms with van der Waals surface area (Å²) in [6.07, 6.45) is -1.03. The maximum absolute atomic E-state index is 12.9. The fraction of sp³-hybridized carbons (Fsp3) is 0.500. The smallest absolute Gasteiger partial charge is 0.407 e. The molecule has 0 radical (unpaired) electrons. The fourth-order valence-corrected chi connectivity index (χ4v) is 5.41. The van der Waals surface area contributed by atoms with Gasteiger partial charge in [-0.05, 0) is 40.8 Å². The van der Waals surface area contributed by atoms with E-state index in [2.05, 4.69) is 0 Å². The molecule has 37 heavy (non-hydrogen) atoms. The molecule has 0 aliphatic carbocycles. The van der Waals surface area contributed by atoms with Gasteiger partial charge in [0.15, 0.2) is 0 Å². The van der Waals surface area contributed by atoms with Gasteiger partial charge in [-0.3, -0.25) is 0 Å². The highest BCUT2D eigenvalue weighted by Crippen LogP contribution is 2.36. The molecule has 3 rings (SSSR count). The summed E-state index contributed by atoms with van der Waals surface area (Å²) in [6.45, 7) is 6.34. The number of benzene rings is 2. The van der Waals surface area contributed by atoms with E-state index in [9.17, 15) is 18.3 Å². The van der Waals surface area contributed by atoms with Crippen molar-refractivity contribution in [1.82, 2.24) is 9.21 Å². The summed E-state index contributed by atoms with van der Waals surface area (Å²) < 4.78 is 39.0. The number of carboxylic acid groups (broad SMARTS) is 1. The van der Waals surface area contributed by atoms with Gasteiger partial charge in [0.1, 0.15) is 5.75 Å². The summed E-state index contributed by atoms with van der Waals surface area (Å²) in [4.78, 5) is 13.5. The molecule has 2 aromatic rings. The van der Waals surface area contributed by atoms with Crippen molar-refractivity contribution in [3.05, 3.63) is 63.6 Å². The van der Waals surface area contributed by atoms with Gasteiger partial charge in [-0.15, -0.1) is 0 Å². The Balaban J connectivity index is 2.04. The largest absolute Gasteiger partial charge is 0.497 e. The van der Waals surface area contributed by atoms with Crippen molar-refractivity contribution >= 4 is 39.3 Å².